The fourth-order valence-corrected chi connectivity index (χ4v) is 3.27. The second-order valence-corrected chi connectivity index (χ2v) is 7.31. The summed E-state index contributed by atoms with van der Waals surface area (Å²) in [4.78, 5) is 18.3. The van der Waals surface area contributed by atoms with Gasteiger partial charge in [0.15, 0.2) is 0 Å². The van der Waals surface area contributed by atoms with E-state index in [1.165, 1.54) is 38.5 Å². The van der Waals surface area contributed by atoms with E-state index in [1.807, 2.05) is 24.3 Å². The van der Waals surface area contributed by atoms with E-state index in [0.717, 1.165) is 35.3 Å². The van der Waals surface area contributed by atoms with E-state index < -0.39 is 7.82 Å². The van der Waals surface area contributed by atoms with Crippen molar-refractivity contribution >= 4 is 19.9 Å². The van der Waals surface area contributed by atoms with Gasteiger partial charge in [-0.1, -0.05) is 63.6 Å². The normalized spacial score (nSPS) is 11.8. The summed E-state index contributed by atoms with van der Waals surface area (Å²) in [6.07, 6.45) is 9.67. The molecule has 4 nitrogen and oxygen atoms in total. The Bertz CT molecular complexity index is 447. The van der Waals surface area contributed by atoms with E-state index in [9.17, 15) is 4.57 Å². The van der Waals surface area contributed by atoms with Crippen LogP contribution in [-0.4, -0.2) is 9.79 Å². The second kappa shape index (κ2) is 10.4. The van der Waals surface area contributed by atoms with Crippen molar-refractivity contribution in [2.45, 2.75) is 63.2 Å². The van der Waals surface area contributed by atoms with Crippen LogP contribution in [0.1, 0.15) is 57.4 Å². The van der Waals surface area contributed by atoms with Crippen LogP contribution in [0, 0.1) is 0 Å². The standard InChI is InChI=1S/C15H25O4PS/c1-2-3-4-5-6-7-8-11-14-12-9-10-13-15(14)21-19-20(16,17)18/h9-10,12-13H,2-8,11H2,1H3,(H2,16,17,18). The molecule has 21 heavy (non-hydrogen) atoms. The number of hydrogen-bond donors (Lipinski definition) is 2. The van der Waals surface area contributed by atoms with Crippen LogP contribution in [-0.2, 0) is 15.0 Å². The molecule has 1 aromatic carbocycles. The van der Waals surface area contributed by atoms with E-state index in [0.29, 0.717) is 0 Å². The molecule has 0 radical (unpaired) electrons. The predicted molar refractivity (Wildman–Crippen MR) is 87.1 cm³/mol. The van der Waals surface area contributed by atoms with Gasteiger partial charge >= 0.3 is 7.82 Å². The Morgan fingerprint density at radius 1 is 1.05 bits per heavy atom. The quantitative estimate of drug-likeness (QED) is 0.335. The first-order valence-electron chi connectivity index (χ1n) is 7.52. The van der Waals surface area contributed by atoms with Crippen molar-refractivity contribution in [2.75, 3.05) is 0 Å². The summed E-state index contributed by atoms with van der Waals surface area (Å²) in [5, 5.41) is 0. The fourth-order valence-electron chi connectivity index (χ4n) is 2.15. The van der Waals surface area contributed by atoms with Gasteiger partial charge in [0.2, 0.25) is 0 Å². The van der Waals surface area contributed by atoms with Gasteiger partial charge in [0, 0.05) is 16.9 Å². The molecule has 0 amide bonds. The molecule has 0 heterocycles. The minimum Gasteiger partial charge on any atom is -0.302 e. The maximum Gasteiger partial charge on any atom is 0.481 e. The lowest BCUT2D eigenvalue weighted by atomic mass is 10.0. The SMILES string of the molecule is CCCCCCCCCc1ccccc1SOP(=O)(O)O. The van der Waals surface area contributed by atoms with Gasteiger partial charge in [-0.3, -0.25) is 0 Å². The van der Waals surface area contributed by atoms with Crippen LogP contribution in [0.2, 0.25) is 0 Å². The fraction of sp³-hybridized carbons (Fsp3) is 0.600. The summed E-state index contributed by atoms with van der Waals surface area (Å²) in [6, 6.07) is 7.61. The average molecular weight is 332 g/mol. The summed E-state index contributed by atoms with van der Waals surface area (Å²) in [7, 11) is -4.44. The highest BCUT2D eigenvalue weighted by molar-refractivity contribution is 7.98. The molecule has 0 aliphatic heterocycles. The molecule has 0 atom stereocenters. The van der Waals surface area contributed by atoms with Crippen LogP contribution in [0.25, 0.3) is 0 Å². The van der Waals surface area contributed by atoms with Crippen LogP contribution < -0.4 is 0 Å². The number of aryl methyl sites for hydroxylation is 1. The Kier molecular flexibility index (Phi) is 9.29. The molecule has 0 aliphatic rings. The molecule has 0 unspecified atom stereocenters. The second-order valence-electron chi connectivity index (χ2n) is 5.13. The Morgan fingerprint density at radius 2 is 1.67 bits per heavy atom. The number of phosphoric acid groups is 1. The number of unbranched alkanes of at least 4 members (excludes halogenated alkanes) is 6. The molecule has 120 valence electrons. The minimum atomic E-state index is -4.44. The van der Waals surface area contributed by atoms with Crippen molar-refractivity contribution in [2.24, 2.45) is 0 Å². The Labute approximate surface area is 131 Å². The maximum absolute atomic E-state index is 10.8. The van der Waals surface area contributed by atoms with Crippen LogP contribution >= 0.6 is 19.9 Å². The average Bonchev–Trinajstić information content (AvgIpc) is 2.44. The lowest BCUT2D eigenvalue weighted by Crippen LogP contribution is -1.90. The maximum atomic E-state index is 10.8. The minimum absolute atomic E-state index is 0.766. The van der Waals surface area contributed by atoms with Gasteiger partial charge in [-0.2, -0.15) is 0 Å². The molecule has 2 N–H and O–H groups in total. The first-order valence-corrected chi connectivity index (χ1v) is 9.80. The highest BCUT2D eigenvalue weighted by Gasteiger charge is 2.16. The Hall–Kier alpha value is -0.320. The first-order chi connectivity index (χ1) is 10.0. The molecule has 0 saturated heterocycles. The number of rotatable bonds is 11. The molecule has 0 fully saturated rings. The zero-order valence-electron chi connectivity index (χ0n) is 12.5. The van der Waals surface area contributed by atoms with Crippen molar-refractivity contribution in [1.82, 2.24) is 0 Å². The van der Waals surface area contributed by atoms with Crippen molar-refractivity contribution < 1.29 is 18.3 Å². The van der Waals surface area contributed by atoms with E-state index in [2.05, 4.69) is 10.9 Å². The van der Waals surface area contributed by atoms with E-state index in [4.69, 9.17) is 9.79 Å². The summed E-state index contributed by atoms with van der Waals surface area (Å²) < 4.78 is 15.3. The summed E-state index contributed by atoms with van der Waals surface area (Å²) in [5.41, 5.74) is 1.09. The third-order valence-electron chi connectivity index (χ3n) is 3.25. The van der Waals surface area contributed by atoms with Gasteiger partial charge in [0.05, 0.1) is 0 Å². The van der Waals surface area contributed by atoms with E-state index >= 15 is 0 Å². The van der Waals surface area contributed by atoms with E-state index in [1.54, 1.807) is 0 Å². The molecule has 0 spiro atoms. The highest BCUT2D eigenvalue weighted by Crippen LogP contribution is 2.44. The Balaban J connectivity index is 2.32. The molecule has 6 heteroatoms. The molecule has 0 aromatic heterocycles. The monoisotopic (exact) mass is 332 g/mol. The van der Waals surface area contributed by atoms with Gasteiger partial charge in [-0.05, 0) is 24.5 Å². The first kappa shape index (κ1) is 18.7. The van der Waals surface area contributed by atoms with Crippen molar-refractivity contribution in [3.63, 3.8) is 0 Å². The zero-order chi connectivity index (χ0) is 15.6. The molecular formula is C15H25O4PS. The van der Waals surface area contributed by atoms with Crippen molar-refractivity contribution in [3.8, 4) is 0 Å². The Morgan fingerprint density at radius 3 is 2.33 bits per heavy atom. The summed E-state index contributed by atoms with van der Waals surface area (Å²) in [5.74, 6) is 0. The number of benzene rings is 1. The van der Waals surface area contributed by atoms with Gasteiger partial charge in [-0.15, -0.1) is 0 Å². The molecule has 0 aliphatic carbocycles. The van der Waals surface area contributed by atoms with Gasteiger partial charge in [-0.25, -0.2) is 8.54 Å². The summed E-state index contributed by atoms with van der Waals surface area (Å²) >= 11 is 0.766. The van der Waals surface area contributed by atoms with Gasteiger partial charge < -0.3 is 9.79 Å². The molecule has 0 saturated carbocycles. The largest absolute Gasteiger partial charge is 0.481 e. The zero-order valence-corrected chi connectivity index (χ0v) is 14.2. The molecular weight excluding hydrogens is 307 g/mol. The third kappa shape index (κ3) is 9.33. The van der Waals surface area contributed by atoms with Crippen LogP contribution in [0.15, 0.2) is 29.2 Å². The predicted octanol–water partition coefficient (Wildman–Crippen LogP) is 5.10. The third-order valence-corrected chi connectivity index (χ3v) is 4.90. The van der Waals surface area contributed by atoms with Crippen molar-refractivity contribution in [3.05, 3.63) is 29.8 Å². The van der Waals surface area contributed by atoms with Crippen LogP contribution in [0.4, 0.5) is 0 Å². The van der Waals surface area contributed by atoms with Crippen LogP contribution in [0.5, 0.6) is 0 Å². The lowest BCUT2D eigenvalue weighted by Gasteiger charge is -2.09. The lowest BCUT2D eigenvalue weighted by molar-refractivity contribution is 0.298. The molecule has 1 rings (SSSR count). The van der Waals surface area contributed by atoms with Gasteiger partial charge in [0.1, 0.15) is 0 Å². The van der Waals surface area contributed by atoms with Gasteiger partial charge in [0.25, 0.3) is 0 Å². The highest BCUT2D eigenvalue weighted by atomic mass is 32.2. The smallest absolute Gasteiger partial charge is 0.302 e. The molecule has 1 aromatic rings. The topological polar surface area (TPSA) is 66.8 Å². The van der Waals surface area contributed by atoms with Crippen molar-refractivity contribution in [1.29, 1.82) is 0 Å². The summed E-state index contributed by atoms with van der Waals surface area (Å²) in [6.45, 7) is 2.22. The van der Waals surface area contributed by atoms with E-state index in [-0.39, 0.29) is 0 Å². The number of hydrogen-bond acceptors (Lipinski definition) is 3. The van der Waals surface area contributed by atoms with Crippen LogP contribution in [0.3, 0.4) is 0 Å². The molecule has 0 bridgehead atoms.